The van der Waals surface area contributed by atoms with Gasteiger partial charge < -0.3 is 9.73 Å². The number of piperidine rings is 1. The number of nitrogens with one attached hydrogen (secondary N) is 2. The summed E-state index contributed by atoms with van der Waals surface area (Å²) < 4.78 is 34.2. The second-order valence-electron chi connectivity index (χ2n) is 5.42. The van der Waals surface area contributed by atoms with Crippen molar-refractivity contribution >= 4 is 10.2 Å². The Morgan fingerprint density at radius 3 is 3.00 bits per heavy atom. The zero-order valence-electron chi connectivity index (χ0n) is 12.5. The lowest BCUT2D eigenvalue weighted by molar-refractivity contribution is 0.243. The van der Waals surface area contributed by atoms with E-state index in [1.165, 1.54) is 0 Å². The van der Waals surface area contributed by atoms with Gasteiger partial charge >= 0.3 is 0 Å². The largest absolute Gasteiger partial charge is 0.472 e. The van der Waals surface area contributed by atoms with Crippen molar-refractivity contribution in [3.8, 4) is 0 Å². The zero-order valence-corrected chi connectivity index (χ0v) is 13.4. The molecule has 2 heterocycles. The van der Waals surface area contributed by atoms with Crippen LogP contribution in [0.1, 0.15) is 38.2 Å². The summed E-state index contributed by atoms with van der Waals surface area (Å²) in [5, 5.41) is 3.33. The van der Waals surface area contributed by atoms with Gasteiger partial charge in [-0.05, 0) is 31.9 Å². The molecule has 1 saturated heterocycles. The molecule has 1 aliphatic rings. The van der Waals surface area contributed by atoms with Crippen LogP contribution in [-0.4, -0.2) is 38.4 Å². The molecule has 0 aromatic carbocycles. The first-order chi connectivity index (χ1) is 10.1. The Balaban J connectivity index is 1.94. The van der Waals surface area contributed by atoms with E-state index in [9.17, 15) is 8.42 Å². The lowest BCUT2D eigenvalue weighted by Crippen LogP contribution is -2.52. The summed E-state index contributed by atoms with van der Waals surface area (Å²) in [7, 11) is -3.44. The minimum atomic E-state index is -3.44. The van der Waals surface area contributed by atoms with Crippen molar-refractivity contribution in [2.45, 2.75) is 45.2 Å². The van der Waals surface area contributed by atoms with Crippen LogP contribution in [0.3, 0.4) is 0 Å². The monoisotopic (exact) mass is 315 g/mol. The Hall–Kier alpha value is -0.890. The van der Waals surface area contributed by atoms with E-state index in [1.54, 1.807) is 22.9 Å². The lowest BCUT2D eigenvalue weighted by atomic mass is 10.1. The molecule has 120 valence electrons. The predicted octanol–water partition coefficient (Wildman–Crippen LogP) is 1.47. The molecule has 1 aromatic heterocycles. The van der Waals surface area contributed by atoms with Gasteiger partial charge in [-0.2, -0.15) is 17.4 Å². The highest BCUT2D eigenvalue weighted by Crippen LogP contribution is 2.19. The number of rotatable bonds is 8. The molecule has 0 spiro atoms. The van der Waals surface area contributed by atoms with Gasteiger partial charge in [0.25, 0.3) is 10.2 Å². The summed E-state index contributed by atoms with van der Waals surface area (Å²) in [6, 6.07) is 1.81. The van der Waals surface area contributed by atoms with Gasteiger partial charge in [0.2, 0.25) is 0 Å². The molecule has 21 heavy (non-hydrogen) atoms. The van der Waals surface area contributed by atoms with Crippen molar-refractivity contribution in [1.29, 1.82) is 0 Å². The fourth-order valence-electron chi connectivity index (χ4n) is 2.59. The topological polar surface area (TPSA) is 74.6 Å². The van der Waals surface area contributed by atoms with Gasteiger partial charge in [-0.25, -0.2) is 0 Å². The van der Waals surface area contributed by atoms with Crippen LogP contribution < -0.4 is 10.0 Å². The molecule has 1 aromatic rings. The Morgan fingerprint density at radius 2 is 2.29 bits per heavy atom. The summed E-state index contributed by atoms with van der Waals surface area (Å²) >= 11 is 0. The second-order valence-corrected chi connectivity index (χ2v) is 7.13. The summed E-state index contributed by atoms with van der Waals surface area (Å²) in [5.74, 6) is 0. The van der Waals surface area contributed by atoms with E-state index in [4.69, 9.17) is 4.42 Å². The summed E-state index contributed by atoms with van der Waals surface area (Å²) in [5.41, 5.74) is 0.830. The van der Waals surface area contributed by atoms with Gasteiger partial charge in [-0.15, -0.1) is 0 Å². The van der Waals surface area contributed by atoms with Crippen molar-refractivity contribution in [1.82, 2.24) is 14.3 Å². The molecule has 7 heteroatoms. The molecule has 0 saturated carbocycles. The van der Waals surface area contributed by atoms with Crippen LogP contribution in [0.4, 0.5) is 0 Å². The van der Waals surface area contributed by atoms with Crippen LogP contribution in [0.2, 0.25) is 0 Å². The maximum absolute atomic E-state index is 12.5. The minimum Gasteiger partial charge on any atom is -0.472 e. The Labute approximate surface area is 127 Å². The Morgan fingerprint density at radius 1 is 1.43 bits per heavy atom. The fourth-order valence-corrected chi connectivity index (χ4v) is 4.05. The SMILES string of the molecule is CCCNCC1CCCCN1S(=O)(=O)NCc1ccoc1. The van der Waals surface area contributed by atoms with Gasteiger partial charge in [0, 0.05) is 31.2 Å². The molecular formula is C14H25N3O3S. The molecule has 0 radical (unpaired) electrons. The normalized spacial score (nSPS) is 20.7. The number of furan rings is 1. The van der Waals surface area contributed by atoms with Crippen LogP contribution >= 0.6 is 0 Å². The molecule has 0 amide bonds. The maximum Gasteiger partial charge on any atom is 0.280 e. The van der Waals surface area contributed by atoms with E-state index in [1.807, 2.05) is 0 Å². The summed E-state index contributed by atoms with van der Waals surface area (Å²) in [4.78, 5) is 0. The molecule has 1 unspecified atom stereocenters. The van der Waals surface area contributed by atoms with Gasteiger partial charge in [-0.1, -0.05) is 13.3 Å². The molecule has 1 atom stereocenters. The smallest absolute Gasteiger partial charge is 0.280 e. The van der Waals surface area contributed by atoms with E-state index < -0.39 is 10.2 Å². The first-order valence-corrected chi connectivity index (χ1v) is 9.05. The van der Waals surface area contributed by atoms with Crippen LogP contribution in [0.25, 0.3) is 0 Å². The van der Waals surface area contributed by atoms with Crippen LogP contribution in [0, 0.1) is 0 Å². The second kappa shape index (κ2) is 7.93. The maximum atomic E-state index is 12.5. The fraction of sp³-hybridized carbons (Fsp3) is 0.714. The average Bonchev–Trinajstić information content (AvgIpc) is 2.99. The van der Waals surface area contributed by atoms with Crippen molar-refractivity contribution in [2.24, 2.45) is 0 Å². The first-order valence-electron chi connectivity index (χ1n) is 7.61. The van der Waals surface area contributed by atoms with Gasteiger partial charge in [0.05, 0.1) is 12.5 Å². The van der Waals surface area contributed by atoms with Gasteiger partial charge in [0.15, 0.2) is 0 Å². The van der Waals surface area contributed by atoms with E-state index in [2.05, 4.69) is 17.0 Å². The number of hydrogen-bond acceptors (Lipinski definition) is 4. The van der Waals surface area contributed by atoms with Gasteiger partial charge in [0.1, 0.15) is 0 Å². The van der Waals surface area contributed by atoms with E-state index >= 15 is 0 Å². The van der Waals surface area contributed by atoms with Crippen LogP contribution in [0.15, 0.2) is 23.0 Å². The molecule has 1 aliphatic heterocycles. The quantitative estimate of drug-likeness (QED) is 0.712. The highest BCUT2D eigenvalue weighted by Gasteiger charge is 2.31. The van der Waals surface area contributed by atoms with E-state index in [0.29, 0.717) is 6.54 Å². The van der Waals surface area contributed by atoms with E-state index in [0.717, 1.165) is 44.3 Å². The van der Waals surface area contributed by atoms with Crippen molar-refractivity contribution in [2.75, 3.05) is 19.6 Å². The molecule has 0 bridgehead atoms. The highest BCUT2D eigenvalue weighted by molar-refractivity contribution is 7.87. The third-order valence-corrected chi connectivity index (χ3v) is 5.33. The lowest BCUT2D eigenvalue weighted by Gasteiger charge is -2.34. The molecule has 2 N–H and O–H groups in total. The summed E-state index contributed by atoms with van der Waals surface area (Å²) in [6.45, 7) is 4.62. The molecule has 1 fully saturated rings. The Bertz CT molecular complexity index is 502. The van der Waals surface area contributed by atoms with Crippen molar-refractivity contribution in [3.63, 3.8) is 0 Å². The molecule has 0 aliphatic carbocycles. The number of nitrogens with zero attached hydrogens (tertiary/aromatic N) is 1. The summed E-state index contributed by atoms with van der Waals surface area (Å²) in [6.07, 6.45) is 7.09. The first kappa shape index (κ1) is 16.5. The zero-order chi connectivity index (χ0) is 15.1. The third kappa shape index (κ3) is 4.81. The predicted molar refractivity (Wildman–Crippen MR) is 82.0 cm³/mol. The standard InChI is InChI=1S/C14H25N3O3S/c1-2-7-15-11-14-5-3-4-8-17(14)21(18,19)16-10-13-6-9-20-12-13/h6,9,12,14-16H,2-5,7-8,10-11H2,1H3. The Kier molecular flexibility index (Phi) is 6.22. The molecule has 2 rings (SSSR count). The van der Waals surface area contributed by atoms with Crippen LogP contribution in [-0.2, 0) is 16.8 Å². The third-order valence-electron chi connectivity index (χ3n) is 3.73. The van der Waals surface area contributed by atoms with Crippen LogP contribution in [0.5, 0.6) is 0 Å². The average molecular weight is 315 g/mol. The molecule has 6 nitrogen and oxygen atoms in total. The van der Waals surface area contributed by atoms with Crippen molar-refractivity contribution < 1.29 is 12.8 Å². The number of hydrogen-bond donors (Lipinski definition) is 2. The van der Waals surface area contributed by atoms with E-state index in [-0.39, 0.29) is 12.6 Å². The molecular weight excluding hydrogens is 290 g/mol. The minimum absolute atomic E-state index is 0.0483. The highest BCUT2D eigenvalue weighted by atomic mass is 32.2. The van der Waals surface area contributed by atoms with Crippen molar-refractivity contribution in [3.05, 3.63) is 24.2 Å². The van der Waals surface area contributed by atoms with Gasteiger partial charge in [-0.3, -0.25) is 0 Å².